The maximum absolute atomic E-state index is 13.3. The molecule has 0 aliphatic heterocycles. The summed E-state index contributed by atoms with van der Waals surface area (Å²) in [6.07, 6.45) is 0.712. The van der Waals surface area contributed by atoms with E-state index in [0.717, 1.165) is 12.1 Å². The first kappa shape index (κ1) is 12.9. The minimum absolute atomic E-state index is 0.0920. The lowest BCUT2D eigenvalue weighted by atomic mass is 10.1. The summed E-state index contributed by atoms with van der Waals surface area (Å²) in [7, 11) is 0. The standard InChI is InChI=1S/C11H12ClF2NO/c1-3-6(2)15-11(16)7-4-10(14)8(12)5-9(7)13/h4-6H,3H2,1-2H3,(H,15,16). The summed E-state index contributed by atoms with van der Waals surface area (Å²) in [5.41, 5.74) is -0.331. The largest absolute Gasteiger partial charge is 0.350 e. The van der Waals surface area contributed by atoms with Crippen molar-refractivity contribution in [2.24, 2.45) is 0 Å². The van der Waals surface area contributed by atoms with Crippen molar-refractivity contribution in [3.63, 3.8) is 0 Å². The molecule has 0 saturated carbocycles. The van der Waals surface area contributed by atoms with E-state index in [1.54, 1.807) is 6.92 Å². The number of rotatable bonds is 3. The molecule has 1 atom stereocenters. The zero-order valence-electron chi connectivity index (χ0n) is 8.98. The summed E-state index contributed by atoms with van der Waals surface area (Å²) >= 11 is 5.38. The molecule has 0 heterocycles. The maximum atomic E-state index is 13.3. The second-order valence-corrected chi connectivity index (χ2v) is 3.94. The normalized spacial score (nSPS) is 12.3. The van der Waals surface area contributed by atoms with Gasteiger partial charge in [-0.2, -0.15) is 0 Å². The average Bonchev–Trinajstić information content (AvgIpc) is 2.23. The SMILES string of the molecule is CCC(C)NC(=O)c1cc(F)c(Cl)cc1F. The zero-order chi connectivity index (χ0) is 12.3. The number of hydrogen-bond donors (Lipinski definition) is 1. The highest BCUT2D eigenvalue weighted by Crippen LogP contribution is 2.19. The number of nitrogens with one attached hydrogen (secondary N) is 1. The predicted molar refractivity (Wildman–Crippen MR) is 58.6 cm³/mol. The van der Waals surface area contributed by atoms with Gasteiger partial charge < -0.3 is 5.32 Å². The third-order valence-corrected chi connectivity index (χ3v) is 2.53. The van der Waals surface area contributed by atoms with E-state index < -0.39 is 17.5 Å². The minimum atomic E-state index is -0.827. The van der Waals surface area contributed by atoms with Crippen molar-refractivity contribution in [2.75, 3.05) is 0 Å². The van der Waals surface area contributed by atoms with Crippen LogP contribution >= 0.6 is 11.6 Å². The van der Waals surface area contributed by atoms with Crippen LogP contribution in [0.3, 0.4) is 0 Å². The average molecular weight is 248 g/mol. The van der Waals surface area contributed by atoms with E-state index in [2.05, 4.69) is 5.32 Å². The molecule has 2 nitrogen and oxygen atoms in total. The van der Waals surface area contributed by atoms with E-state index in [0.29, 0.717) is 6.42 Å². The molecule has 1 aromatic rings. The van der Waals surface area contributed by atoms with E-state index in [1.165, 1.54) is 0 Å². The van der Waals surface area contributed by atoms with Crippen molar-refractivity contribution in [1.82, 2.24) is 5.32 Å². The van der Waals surface area contributed by atoms with E-state index in [-0.39, 0.29) is 16.6 Å². The summed E-state index contributed by atoms with van der Waals surface area (Å²) in [4.78, 5) is 11.5. The Labute approximate surface area is 97.6 Å². The number of halogens is 3. The first-order valence-corrected chi connectivity index (χ1v) is 5.29. The van der Waals surface area contributed by atoms with Gasteiger partial charge >= 0.3 is 0 Å². The lowest BCUT2D eigenvalue weighted by Crippen LogP contribution is -2.32. The molecule has 0 aliphatic rings. The van der Waals surface area contributed by atoms with Gasteiger partial charge in [-0.25, -0.2) is 8.78 Å². The number of carbonyl (C=O) groups excluding carboxylic acids is 1. The highest BCUT2D eigenvalue weighted by molar-refractivity contribution is 6.30. The van der Waals surface area contributed by atoms with Crippen molar-refractivity contribution < 1.29 is 13.6 Å². The Bertz CT molecular complexity index is 409. The summed E-state index contributed by atoms with van der Waals surface area (Å²) in [6, 6.07) is 1.50. The van der Waals surface area contributed by atoms with Crippen LogP contribution in [0.4, 0.5) is 8.78 Å². The highest BCUT2D eigenvalue weighted by atomic mass is 35.5. The van der Waals surface area contributed by atoms with Crippen LogP contribution in [0.15, 0.2) is 12.1 Å². The zero-order valence-corrected chi connectivity index (χ0v) is 9.74. The fourth-order valence-electron chi connectivity index (χ4n) is 1.10. The van der Waals surface area contributed by atoms with Crippen molar-refractivity contribution in [3.05, 3.63) is 34.4 Å². The van der Waals surface area contributed by atoms with E-state index in [4.69, 9.17) is 11.6 Å². The summed E-state index contributed by atoms with van der Waals surface area (Å²) in [5.74, 6) is -2.27. The molecule has 0 fully saturated rings. The van der Waals surface area contributed by atoms with Crippen LogP contribution in [0.5, 0.6) is 0 Å². The second-order valence-electron chi connectivity index (χ2n) is 3.53. The molecule has 88 valence electrons. The van der Waals surface area contributed by atoms with Gasteiger partial charge in [0.1, 0.15) is 11.6 Å². The van der Waals surface area contributed by atoms with Crippen molar-refractivity contribution in [1.29, 1.82) is 0 Å². The van der Waals surface area contributed by atoms with Gasteiger partial charge in [0.25, 0.3) is 5.91 Å². The Morgan fingerprint density at radius 1 is 1.44 bits per heavy atom. The molecule has 1 aromatic carbocycles. The third kappa shape index (κ3) is 2.92. The van der Waals surface area contributed by atoms with Crippen LogP contribution in [0.1, 0.15) is 30.6 Å². The lowest BCUT2D eigenvalue weighted by molar-refractivity contribution is 0.0934. The van der Waals surface area contributed by atoms with E-state index >= 15 is 0 Å². The Hall–Kier alpha value is -1.16. The number of hydrogen-bond acceptors (Lipinski definition) is 1. The fourth-order valence-corrected chi connectivity index (χ4v) is 1.25. The van der Waals surface area contributed by atoms with Gasteiger partial charge in [0.2, 0.25) is 0 Å². The molecule has 1 amide bonds. The van der Waals surface area contributed by atoms with E-state index in [1.807, 2.05) is 6.92 Å². The van der Waals surface area contributed by atoms with Crippen LogP contribution in [0.2, 0.25) is 5.02 Å². The Morgan fingerprint density at radius 2 is 2.06 bits per heavy atom. The Balaban J connectivity index is 2.96. The van der Waals surface area contributed by atoms with Crippen LogP contribution in [0, 0.1) is 11.6 Å². The second kappa shape index (κ2) is 5.25. The molecule has 0 aromatic heterocycles. The molecule has 0 aliphatic carbocycles. The van der Waals surface area contributed by atoms with Crippen LogP contribution < -0.4 is 5.32 Å². The minimum Gasteiger partial charge on any atom is -0.350 e. The topological polar surface area (TPSA) is 29.1 Å². The third-order valence-electron chi connectivity index (χ3n) is 2.24. The molecule has 0 spiro atoms. The molecule has 1 unspecified atom stereocenters. The number of carbonyl (C=O) groups is 1. The molecule has 0 bridgehead atoms. The summed E-state index contributed by atoms with van der Waals surface area (Å²) in [5, 5.41) is 2.21. The van der Waals surface area contributed by atoms with Crippen molar-refractivity contribution in [2.45, 2.75) is 26.3 Å². The monoisotopic (exact) mass is 247 g/mol. The Morgan fingerprint density at radius 3 is 2.62 bits per heavy atom. The van der Waals surface area contributed by atoms with Gasteiger partial charge in [0, 0.05) is 6.04 Å². The predicted octanol–water partition coefficient (Wildman–Crippen LogP) is 3.15. The summed E-state index contributed by atoms with van der Waals surface area (Å²) in [6.45, 7) is 3.66. The highest BCUT2D eigenvalue weighted by Gasteiger charge is 2.16. The van der Waals surface area contributed by atoms with Crippen LogP contribution in [-0.4, -0.2) is 11.9 Å². The molecule has 1 N–H and O–H groups in total. The van der Waals surface area contributed by atoms with Gasteiger partial charge in [-0.15, -0.1) is 0 Å². The molecule has 5 heteroatoms. The quantitative estimate of drug-likeness (QED) is 0.817. The van der Waals surface area contributed by atoms with Crippen LogP contribution in [0.25, 0.3) is 0 Å². The smallest absolute Gasteiger partial charge is 0.254 e. The Kier molecular flexibility index (Phi) is 4.24. The molecular formula is C11H12ClF2NO. The van der Waals surface area contributed by atoms with Gasteiger partial charge in [-0.3, -0.25) is 4.79 Å². The molecule has 0 radical (unpaired) electrons. The van der Waals surface area contributed by atoms with Gasteiger partial charge in [0.15, 0.2) is 0 Å². The van der Waals surface area contributed by atoms with Gasteiger partial charge in [0.05, 0.1) is 10.6 Å². The molecule has 0 saturated heterocycles. The maximum Gasteiger partial charge on any atom is 0.254 e. The first-order valence-electron chi connectivity index (χ1n) is 4.91. The number of amides is 1. The van der Waals surface area contributed by atoms with Crippen molar-refractivity contribution >= 4 is 17.5 Å². The molecule has 1 rings (SSSR count). The van der Waals surface area contributed by atoms with Gasteiger partial charge in [-0.05, 0) is 25.5 Å². The van der Waals surface area contributed by atoms with Crippen LogP contribution in [-0.2, 0) is 0 Å². The summed E-state index contributed by atoms with van der Waals surface area (Å²) < 4.78 is 26.4. The molecular weight excluding hydrogens is 236 g/mol. The fraction of sp³-hybridized carbons (Fsp3) is 0.364. The molecule has 16 heavy (non-hydrogen) atoms. The lowest BCUT2D eigenvalue weighted by Gasteiger charge is -2.12. The van der Waals surface area contributed by atoms with Gasteiger partial charge in [-0.1, -0.05) is 18.5 Å². The number of benzene rings is 1. The van der Waals surface area contributed by atoms with Crippen molar-refractivity contribution in [3.8, 4) is 0 Å². The van der Waals surface area contributed by atoms with E-state index in [9.17, 15) is 13.6 Å². The first-order chi connectivity index (χ1) is 7.45.